The Labute approximate surface area is 128 Å². The quantitative estimate of drug-likeness (QED) is 0.846. The van der Waals surface area contributed by atoms with E-state index < -0.39 is 11.7 Å². The van der Waals surface area contributed by atoms with Gasteiger partial charge in [-0.1, -0.05) is 27.5 Å². The lowest BCUT2D eigenvalue weighted by Gasteiger charge is -2.09. The number of hydrogen-bond acceptors (Lipinski definition) is 3. The molecular formula is C13H9BrClFN2O2. The molecule has 7 heteroatoms. The van der Waals surface area contributed by atoms with Crippen molar-refractivity contribution in [2.45, 2.75) is 0 Å². The van der Waals surface area contributed by atoms with Crippen molar-refractivity contribution in [2.24, 2.45) is 0 Å². The summed E-state index contributed by atoms with van der Waals surface area (Å²) >= 11 is 9.07. The highest BCUT2D eigenvalue weighted by molar-refractivity contribution is 9.10. The second-order valence-electron chi connectivity index (χ2n) is 3.83. The number of carbonyl (C=O) groups excluding carboxylic acids is 1. The second kappa shape index (κ2) is 6.19. The van der Waals surface area contributed by atoms with Crippen LogP contribution in [0.5, 0.6) is 5.75 Å². The van der Waals surface area contributed by atoms with Gasteiger partial charge in [0.25, 0.3) is 5.91 Å². The number of ether oxygens (including phenoxy) is 1. The van der Waals surface area contributed by atoms with E-state index in [4.69, 9.17) is 16.3 Å². The Morgan fingerprint density at radius 2 is 2.15 bits per heavy atom. The molecule has 2 aromatic rings. The molecule has 0 radical (unpaired) electrons. The van der Waals surface area contributed by atoms with Crippen LogP contribution < -0.4 is 10.1 Å². The fourth-order valence-electron chi connectivity index (χ4n) is 1.53. The fraction of sp³-hybridized carbons (Fsp3) is 0.0769. The molecule has 0 aliphatic carbocycles. The van der Waals surface area contributed by atoms with Crippen LogP contribution in [0.4, 0.5) is 10.1 Å². The minimum Gasteiger partial charge on any atom is -0.497 e. The number of pyridine rings is 1. The average Bonchev–Trinajstić information content (AvgIpc) is 2.40. The Morgan fingerprint density at radius 1 is 1.40 bits per heavy atom. The first-order valence-electron chi connectivity index (χ1n) is 5.46. The van der Waals surface area contributed by atoms with Crippen molar-refractivity contribution in [3.63, 3.8) is 0 Å². The average molecular weight is 360 g/mol. The van der Waals surface area contributed by atoms with Gasteiger partial charge in [0.05, 0.1) is 18.9 Å². The summed E-state index contributed by atoms with van der Waals surface area (Å²) in [7, 11) is 1.51. The number of benzene rings is 1. The summed E-state index contributed by atoms with van der Waals surface area (Å²) in [6.07, 6.45) is 0.946. The lowest BCUT2D eigenvalue weighted by Crippen LogP contribution is -2.13. The van der Waals surface area contributed by atoms with Crippen LogP contribution in [0.1, 0.15) is 10.4 Å². The molecular weight excluding hydrogens is 351 g/mol. The Hall–Kier alpha value is -1.66. The highest BCUT2D eigenvalue weighted by Gasteiger charge is 2.13. The first kappa shape index (κ1) is 14.7. The fourth-order valence-corrected chi connectivity index (χ4v) is 2.19. The van der Waals surface area contributed by atoms with E-state index in [2.05, 4.69) is 26.2 Å². The molecule has 1 aromatic carbocycles. The lowest BCUT2D eigenvalue weighted by molar-refractivity contribution is 0.102. The number of nitrogens with zero attached hydrogens (tertiary/aromatic N) is 1. The smallest absolute Gasteiger partial charge is 0.258 e. The van der Waals surface area contributed by atoms with Crippen molar-refractivity contribution >= 4 is 39.1 Å². The van der Waals surface area contributed by atoms with Crippen LogP contribution in [0.25, 0.3) is 0 Å². The summed E-state index contributed by atoms with van der Waals surface area (Å²) in [6, 6.07) is 6.08. The van der Waals surface area contributed by atoms with Crippen molar-refractivity contribution < 1.29 is 13.9 Å². The summed E-state index contributed by atoms with van der Waals surface area (Å²) < 4.78 is 18.9. The number of nitrogens with one attached hydrogen (secondary N) is 1. The monoisotopic (exact) mass is 358 g/mol. The van der Waals surface area contributed by atoms with Crippen LogP contribution in [0.3, 0.4) is 0 Å². The zero-order valence-corrected chi connectivity index (χ0v) is 12.6. The van der Waals surface area contributed by atoms with Crippen molar-refractivity contribution in [1.29, 1.82) is 0 Å². The summed E-state index contributed by atoms with van der Waals surface area (Å²) in [5, 5.41) is 2.54. The van der Waals surface area contributed by atoms with Gasteiger partial charge in [0.2, 0.25) is 0 Å². The van der Waals surface area contributed by atoms with E-state index >= 15 is 0 Å². The van der Waals surface area contributed by atoms with Crippen LogP contribution in [-0.2, 0) is 0 Å². The zero-order valence-electron chi connectivity index (χ0n) is 10.3. The van der Waals surface area contributed by atoms with Gasteiger partial charge in [0, 0.05) is 16.2 Å². The Balaban J connectivity index is 2.27. The Kier molecular flexibility index (Phi) is 4.57. The van der Waals surface area contributed by atoms with E-state index in [9.17, 15) is 9.18 Å². The molecule has 4 nitrogen and oxygen atoms in total. The predicted octanol–water partition coefficient (Wildman–Crippen LogP) is 3.90. The van der Waals surface area contributed by atoms with Crippen LogP contribution in [-0.4, -0.2) is 18.0 Å². The zero-order chi connectivity index (χ0) is 14.7. The maximum atomic E-state index is 13.1. The van der Waals surface area contributed by atoms with Gasteiger partial charge in [0.1, 0.15) is 16.7 Å². The third-order valence-electron chi connectivity index (χ3n) is 2.42. The molecule has 0 saturated heterocycles. The summed E-state index contributed by atoms with van der Waals surface area (Å²) in [5.74, 6) is -0.619. The molecule has 1 amide bonds. The predicted molar refractivity (Wildman–Crippen MR) is 77.9 cm³/mol. The number of amides is 1. The van der Waals surface area contributed by atoms with E-state index in [1.54, 1.807) is 18.2 Å². The van der Waals surface area contributed by atoms with Crippen molar-refractivity contribution in [3.05, 3.63) is 51.5 Å². The first-order valence-corrected chi connectivity index (χ1v) is 6.63. The number of aromatic nitrogens is 1. The van der Waals surface area contributed by atoms with Gasteiger partial charge in [-0.2, -0.15) is 0 Å². The molecule has 0 unspecified atom stereocenters. The van der Waals surface area contributed by atoms with Gasteiger partial charge in [-0.15, -0.1) is 0 Å². The molecule has 0 saturated carbocycles. The Bertz CT molecular complexity index is 667. The van der Waals surface area contributed by atoms with E-state index in [0.717, 1.165) is 16.7 Å². The third kappa shape index (κ3) is 3.46. The lowest BCUT2D eigenvalue weighted by atomic mass is 10.2. The number of rotatable bonds is 3. The van der Waals surface area contributed by atoms with Crippen LogP contribution in [0, 0.1) is 5.82 Å². The molecule has 20 heavy (non-hydrogen) atoms. The largest absolute Gasteiger partial charge is 0.497 e. The molecule has 0 fully saturated rings. The molecule has 1 aromatic heterocycles. The van der Waals surface area contributed by atoms with Crippen LogP contribution in [0.15, 0.2) is 34.9 Å². The first-order chi connectivity index (χ1) is 9.49. The van der Waals surface area contributed by atoms with Crippen LogP contribution in [0.2, 0.25) is 5.15 Å². The molecule has 0 aliphatic heterocycles. The topological polar surface area (TPSA) is 51.2 Å². The van der Waals surface area contributed by atoms with Gasteiger partial charge in [-0.25, -0.2) is 9.37 Å². The molecule has 2 rings (SSSR count). The minimum atomic E-state index is -0.633. The number of methoxy groups -OCH3 is 1. The molecule has 0 atom stereocenters. The molecule has 1 N–H and O–H groups in total. The number of halogens is 3. The normalized spacial score (nSPS) is 10.2. The maximum Gasteiger partial charge on any atom is 0.258 e. The van der Waals surface area contributed by atoms with E-state index in [-0.39, 0.29) is 10.7 Å². The van der Waals surface area contributed by atoms with E-state index in [1.165, 1.54) is 7.11 Å². The van der Waals surface area contributed by atoms with Crippen molar-refractivity contribution in [3.8, 4) is 5.75 Å². The molecule has 104 valence electrons. The molecule has 0 aliphatic rings. The SMILES string of the molecule is COc1cc(Br)cc(NC(=O)c2cc(F)cnc2Cl)c1. The highest BCUT2D eigenvalue weighted by Crippen LogP contribution is 2.25. The van der Waals surface area contributed by atoms with Gasteiger partial charge in [-0.3, -0.25) is 4.79 Å². The third-order valence-corrected chi connectivity index (χ3v) is 3.17. The molecule has 1 heterocycles. The van der Waals surface area contributed by atoms with E-state index in [1.807, 2.05) is 0 Å². The summed E-state index contributed by atoms with van der Waals surface area (Å²) in [4.78, 5) is 15.6. The molecule has 0 bridgehead atoms. The summed E-state index contributed by atoms with van der Waals surface area (Å²) in [6.45, 7) is 0. The Morgan fingerprint density at radius 3 is 2.85 bits per heavy atom. The number of hydrogen-bond donors (Lipinski definition) is 1. The maximum absolute atomic E-state index is 13.1. The van der Waals surface area contributed by atoms with Crippen molar-refractivity contribution in [1.82, 2.24) is 4.98 Å². The molecule has 0 spiro atoms. The summed E-state index contributed by atoms with van der Waals surface area (Å²) in [5.41, 5.74) is 0.451. The minimum absolute atomic E-state index is 0.0365. The van der Waals surface area contributed by atoms with Crippen molar-refractivity contribution in [2.75, 3.05) is 12.4 Å². The second-order valence-corrected chi connectivity index (χ2v) is 5.10. The van der Waals surface area contributed by atoms with Crippen LogP contribution >= 0.6 is 27.5 Å². The van der Waals surface area contributed by atoms with Gasteiger partial charge in [0.15, 0.2) is 0 Å². The van der Waals surface area contributed by atoms with Gasteiger partial charge >= 0.3 is 0 Å². The standard InChI is InChI=1S/C13H9BrClFN2O2/c1-20-10-3-7(14)2-9(5-10)18-13(19)11-4-8(16)6-17-12(11)15/h2-6H,1H3,(H,18,19). The van der Waals surface area contributed by atoms with Gasteiger partial charge < -0.3 is 10.1 Å². The van der Waals surface area contributed by atoms with Gasteiger partial charge in [-0.05, 0) is 18.2 Å². The highest BCUT2D eigenvalue weighted by atomic mass is 79.9. The number of carbonyl (C=O) groups is 1. The number of anilines is 1. The van der Waals surface area contributed by atoms with E-state index in [0.29, 0.717) is 11.4 Å².